The van der Waals surface area contributed by atoms with Gasteiger partial charge >= 0.3 is 0 Å². The van der Waals surface area contributed by atoms with Crippen LogP contribution in [0.3, 0.4) is 0 Å². The maximum Gasteiger partial charge on any atom is 0.293 e. The molecule has 4 rings (SSSR count). The highest BCUT2D eigenvalue weighted by molar-refractivity contribution is 7.89. The molecule has 11 heteroatoms. The summed E-state index contributed by atoms with van der Waals surface area (Å²) in [7, 11) is -2.41. The van der Waals surface area contributed by atoms with E-state index >= 15 is 0 Å². The second-order valence-corrected chi connectivity index (χ2v) is 9.14. The number of methoxy groups -OCH3 is 1. The molecule has 2 heterocycles. The molecule has 0 atom stereocenters. The van der Waals surface area contributed by atoms with Gasteiger partial charge in [-0.15, -0.1) is 0 Å². The molecule has 32 heavy (non-hydrogen) atoms. The number of rotatable bonds is 5. The van der Waals surface area contributed by atoms with Crippen molar-refractivity contribution in [3.8, 4) is 5.75 Å². The minimum absolute atomic E-state index is 0.281. The Labute approximate surface area is 185 Å². The summed E-state index contributed by atoms with van der Waals surface area (Å²) in [5.41, 5.74) is 1.96. The summed E-state index contributed by atoms with van der Waals surface area (Å²) in [5, 5.41) is 17.7. The van der Waals surface area contributed by atoms with Gasteiger partial charge < -0.3 is 14.5 Å². The van der Waals surface area contributed by atoms with Crippen molar-refractivity contribution in [2.24, 2.45) is 5.14 Å². The molecule has 1 saturated heterocycles. The van der Waals surface area contributed by atoms with E-state index in [2.05, 4.69) is 4.90 Å². The van der Waals surface area contributed by atoms with Gasteiger partial charge in [-0.05, 0) is 36.8 Å². The molecule has 0 radical (unpaired) electrons. The Kier molecular flexibility index (Phi) is 5.61. The Hall–Kier alpha value is -3.44. The Morgan fingerprint density at radius 3 is 2.41 bits per heavy atom. The second-order valence-electron chi connectivity index (χ2n) is 7.58. The molecule has 0 amide bonds. The molecule has 168 valence electrons. The first-order chi connectivity index (χ1) is 15.2. The molecular weight excluding hydrogens is 434 g/mol. The van der Waals surface area contributed by atoms with Crippen LogP contribution < -0.4 is 19.7 Å². The Morgan fingerprint density at radius 2 is 1.78 bits per heavy atom. The lowest BCUT2D eigenvalue weighted by atomic mass is 10.1. The zero-order valence-electron chi connectivity index (χ0n) is 17.7. The summed E-state index contributed by atoms with van der Waals surface area (Å²) < 4.78 is 28.6. The summed E-state index contributed by atoms with van der Waals surface area (Å²) in [6.45, 7) is 4.25. The minimum atomic E-state index is -4.03. The molecule has 3 aromatic rings. The summed E-state index contributed by atoms with van der Waals surface area (Å²) in [6, 6.07) is 11.6. The number of nitrogens with two attached hydrogens (primary N) is 1. The fourth-order valence-electron chi connectivity index (χ4n) is 3.97. The number of pyridine rings is 1. The number of ether oxygens (including phenoxy) is 1. The maximum absolute atomic E-state index is 11.6. The van der Waals surface area contributed by atoms with Crippen molar-refractivity contribution in [3.63, 3.8) is 0 Å². The van der Waals surface area contributed by atoms with E-state index < -0.39 is 14.9 Å². The lowest BCUT2D eigenvalue weighted by molar-refractivity contribution is -0.384. The Morgan fingerprint density at radius 1 is 1.09 bits per heavy atom. The molecule has 10 nitrogen and oxygen atoms in total. The van der Waals surface area contributed by atoms with Gasteiger partial charge in [0, 0.05) is 37.6 Å². The van der Waals surface area contributed by atoms with Crippen LogP contribution in [0.15, 0.2) is 47.4 Å². The number of sulfonamides is 1. The molecule has 1 aliphatic rings. The Bertz CT molecular complexity index is 1300. The fraction of sp³-hybridized carbons (Fsp3) is 0.286. The lowest BCUT2D eigenvalue weighted by Gasteiger charge is -2.36. The molecule has 0 aliphatic carbocycles. The topological polar surface area (TPSA) is 132 Å². The normalized spacial score (nSPS) is 14.6. The molecule has 0 saturated carbocycles. The van der Waals surface area contributed by atoms with Crippen LogP contribution in [0.5, 0.6) is 5.75 Å². The van der Waals surface area contributed by atoms with Gasteiger partial charge in [0.1, 0.15) is 22.8 Å². The van der Waals surface area contributed by atoms with Crippen LogP contribution in [-0.4, -0.2) is 51.6 Å². The third-order valence-corrected chi connectivity index (χ3v) is 6.54. The summed E-state index contributed by atoms with van der Waals surface area (Å²) in [4.78, 5) is 19.5. The molecule has 2 N–H and O–H groups in total. The largest absolute Gasteiger partial charge is 0.494 e. The molecular formula is C21H23N5O5S. The van der Waals surface area contributed by atoms with Gasteiger partial charge in [-0.1, -0.05) is 12.1 Å². The first-order valence-electron chi connectivity index (χ1n) is 9.94. The fourth-order valence-corrected chi connectivity index (χ4v) is 4.50. The zero-order chi connectivity index (χ0) is 23.0. The van der Waals surface area contributed by atoms with Crippen LogP contribution in [0.1, 0.15) is 5.56 Å². The second kappa shape index (κ2) is 8.24. The molecule has 1 aliphatic heterocycles. The number of nitrogens with zero attached hydrogens (tertiary/aromatic N) is 4. The SMILES string of the molecule is COc1cccc2c(C)cc(N3CCN(c4ccc(S(N)(=O)=O)cc4[N+](=O)[O-])CC3)nc12. The highest BCUT2D eigenvalue weighted by Crippen LogP contribution is 2.33. The van der Waals surface area contributed by atoms with Gasteiger partial charge in [-0.3, -0.25) is 10.1 Å². The van der Waals surface area contributed by atoms with Gasteiger partial charge in [-0.2, -0.15) is 0 Å². The predicted molar refractivity (Wildman–Crippen MR) is 122 cm³/mol. The average Bonchev–Trinajstić information content (AvgIpc) is 2.77. The summed E-state index contributed by atoms with van der Waals surface area (Å²) in [6.07, 6.45) is 0. The van der Waals surface area contributed by atoms with E-state index in [4.69, 9.17) is 14.9 Å². The van der Waals surface area contributed by atoms with Gasteiger partial charge in [0.25, 0.3) is 5.69 Å². The number of para-hydroxylation sites is 1. The van der Waals surface area contributed by atoms with Crippen LogP contribution in [0.2, 0.25) is 0 Å². The molecule has 1 aromatic heterocycles. The predicted octanol–water partition coefficient (Wildman–Crippen LogP) is 2.43. The number of nitro groups is 1. The van der Waals surface area contributed by atoms with E-state index in [1.54, 1.807) is 7.11 Å². The van der Waals surface area contributed by atoms with E-state index in [-0.39, 0.29) is 10.6 Å². The molecule has 2 aromatic carbocycles. The quantitative estimate of drug-likeness (QED) is 0.456. The average molecular weight is 458 g/mol. The van der Waals surface area contributed by atoms with E-state index in [9.17, 15) is 18.5 Å². The van der Waals surface area contributed by atoms with Crippen molar-refractivity contribution in [2.75, 3.05) is 43.1 Å². The molecule has 0 bridgehead atoms. The first kappa shape index (κ1) is 21.8. The lowest BCUT2D eigenvalue weighted by Crippen LogP contribution is -2.47. The van der Waals surface area contributed by atoms with Gasteiger partial charge in [-0.25, -0.2) is 18.5 Å². The summed E-state index contributed by atoms with van der Waals surface area (Å²) in [5.74, 6) is 1.52. The standard InChI is InChI=1S/C21H23N5O5S/c1-14-12-20(23-21-16(14)4-3-5-19(21)31-2)25-10-8-24(9-11-25)17-7-6-15(32(22,29)30)13-18(17)26(27)28/h3-7,12-13H,8-11H2,1-2H3,(H2,22,29,30). The summed E-state index contributed by atoms with van der Waals surface area (Å²) >= 11 is 0. The highest BCUT2D eigenvalue weighted by atomic mass is 32.2. The monoisotopic (exact) mass is 457 g/mol. The van der Waals surface area contributed by atoms with Crippen LogP contribution in [-0.2, 0) is 10.0 Å². The maximum atomic E-state index is 11.6. The van der Waals surface area contributed by atoms with Crippen LogP contribution in [0.4, 0.5) is 17.2 Å². The van der Waals surface area contributed by atoms with Crippen molar-refractivity contribution in [3.05, 3.63) is 58.1 Å². The number of hydrogen-bond donors (Lipinski definition) is 1. The number of fused-ring (bicyclic) bond motifs is 1. The molecule has 0 spiro atoms. The zero-order valence-corrected chi connectivity index (χ0v) is 18.5. The molecule has 1 fully saturated rings. The smallest absolute Gasteiger partial charge is 0.293 e. The van der Waals surface area contributed by atoms with Crippen molar-refractivity contribution in [1.82, 2.24) is 4.98 Å². The Balaban J connectivity index is 1.59. The number of hydrogen-bond acceptors (Lipinski definition) is 8. The van der Waals surface area contributed by atoms with E-state index in [0.29, 0.717) is 37.6 Å². The molecule has 0 unspecified atom stereocenters. The van der Waals surface area contributed by atoms with Crippen molar-refractivity contribution < 1.29 is 18.1 Å². The number of aromatic nitrogens is 1. The van der Waals surface area contributed by atoms with Crippen molar-refractivity contribution >= 4 is 38.1 Å². The van der Waals surface area contributed by atoms with E-state index in [1.807, 2.05) is 36.1 Å². The third-order valence-electron chi connectivity index (χ3n) is 5.63. The van der Waals surface area contributed by atoms with Crippen LogP contribution in [0, 0.1) is 17.0 Å². The number of nitro benzene ring substituents is 1. The van der Waals surface area contributed by atoms with Crippen LogP contribution >= 0.6 is 0 Å². The van der Waals surface area contributed by atoms with Gasteiger partial charge in [0.2, 0.25) is 10.0 Å². The van der Waals surface area contributed by atoms with E-state index in [0.717, 1.165) is 28.4 Å². The van der Waals surface area contributed by atoms with Crippen LogP contribution in [0.25, 0.3) is 10.9 Å². The van der Waals surface area contributed by atoms with Gasteiger partial charge in [0.05, 0.1) is 16.9 Å². The number of piperazine rings is 1. The van der Waals surface area contributed by atoms with E-state index in [1.165, 1.54) is 12.1 Å². The van der Waals surface area contributed by atoms with Crippen molar-refractivity contribution in [1.29, 1.82) is 0 Å². The van der Waals surface area contributed by atoms with Gasteiger partial charge in [0.15, 0.2) is 0 Å². The third kappa shape index (κ3) is 4.04. The minimum Gasteiger partial charge on any atom is -0.494 e. The number of primary sulfonamides is 1. The first-order valence-corrected chi connectivity index (χ1v) is 11.5. The highest BCUT2D eigenvalue weighted by Gasteiger charge is 2.26. The number of anilines is 2. The number of benzene rings is 2. The number of aryl methyl sites for hydroxylation is 1. The van der Waals surface area contributed by atoms with Crippen molar-refractivity contribution in [2.45, 2.75) is 11.8 Å².